The maximum Gasteiger partial charge on any atom is 0.224 e. The molecule has 132 valence electrons. The fourth-order valence-corrected chi connectivity index (χ4v) is 3.01. The number of hydrogen-bond donors (Lipinski definition) is 2. The summed E-state index contributed by atoms with van der Waals surface area (Å²) in [5, 5.41) is 9.81. The van der Waals surface area contributed by atoms with Crippen LogP contribution in [0.2, 0.25) is 0 Å². The van der Waals surface area contributed by atoms with Gasteiger partial charge < -0.3 is 10.6 Å². The molecule has 1 aromatic carbocycles. The van der Waals surface area contributed by atoms with Gasteiger partial charge in [-0.3, -0.25) is 14.3 Å². The van der Waals surface area contributed by atoms with Gasteiger partial charge in [0.15, 0.2) is 0 Å². The van der Waals surface area contributed by atoms with E-state index in [1.807, 2.05) is 26.0 Å². The fourth-order valence-electron chi connectivity index (χ4n) is 3.01. The van der Waals surface area contributed by atoms with Gasteiger partial charge in [0.05, 0.1) is 11.9 Å². The van der Waals surface area contributed by atoms with E-state index in [2.05, 4.69) is 21.8 Å². The highest BCUT2D eigenvalue weighted by atomic mass is 16.2. The summed E-state index contributed by atoms with van der Waals surface area (Å²) >= 11 is 0. The van der Waals surface area contributed by atoms with Crippen molar-refractivity contribution in [2.75, 3.05) is 10.6 Å². The van der Waals surface area contributed by atoms with Crippen LogP contribution in [0.5, 0.6) is 0 Å². The van der Waals surface area contributed by atoms with Gasteiger partial charge in [0, 0.05) is 30.8 Å². The zero-order chi connectivity index (χ0) is 17.8. The summed E-state index contributed by atoms with van der Waals surface area (Å²) in [6.45, 7) is 4.03. The summed E-state index contributed by atoms with van der Waals surface area (Å²) in [5.74, 6) is -0.335. The van der Waals surface area contributed by atoms with Crippen molar-refractivity contribution in [1.82, 2.24) is 9.78 Å². The average Bonchev–Trinajstić information content (AvgIpc) is 3.21. The van der Waals surface area contributed by atoms with Crippen LogP contribution < -0.4 is 10.6 Å². The Morgan fingerprint density at radius 3 is 2.44 bits per heavy atom. The molecule has 0 saturated carbocycles. The minimum Gasteiger partial charge on any atom is -0.326 e. The molecule has 0 spiro atoms. The van der Waals surface area contributed by atoms with Crippen LogP contribution in [-0.4, -0.2) is 21.6 Å². The Labute approximate surface area is 147 Å². The zero-order valence-electron chi connectivity index (χ0n) is 14.7. The topological polar surface area (TPSA) is 76.0 Å². The van der Waals surface area contributed by atoms with Gasteiger partial charge in [0.25, 0.3) is 0 Å². The van der Waals surface area contributed by atoms with E-state index in [1.165, 1.54) is 17.5 Å². The van der Waals surface area contributed by atoms with Crippen LogP contribution in [0.25, 0.3) is 0 Å². The first-order valence-corrected chi connectivity index (χ1v) is 8.77. The number of carbonyl (C=O) groups excluding carboxylic acids is 2. The molecule has 0 bridgehead atoms. The SMILES string of the molecule is CC(C)n1cc(NC(=O)CCC(=O)Nc2ccc3c(c2)CCC3)cn1. The molecule has 25 heavy (non-hydrogen) atoms. The van der Waals surface area contributed by atoms with Crippen LogP contribution in [0.4, 0.5) is 11.4 Å². The summed E-state index contributed by atoms with van der Waals surface area (Å²) in [4.78, 5) is 24.0. The third-order valence-corrected chi connectivity index (χ3v) is 4.38. The van der Waals surface area contributed by atoms with Crippen molar-refractivity contribution in [3.8, 4) is 0 Å². The van der Waals surface area contributed by atoms with Crippen LogP contribution in [0.3, 0.4) is 0 Å². The Bertz CT molecular complexity index is 779. The molecule has 0 aliphatic heterocycles. The highest BCUT2D eigenvalue weighted by Gasteiger charge is 2.13. The summed E-state index contributed by atoms with van der Waals surface area (Å²) in [7, 11) is 0. The zero-order valence-corrected chi connectivity index (χ0v) is 14.7. The molecule has 1 aliphatic rings. The second-order valence-electron chi connectivity index (χ2n) is 6.74. The number of rotatable bonds is 6. The molecule has 1 heterocycles. The van der Waals surface area contributed by atoms with E-state index < -0.39 is 0 Å². The third kappa shape index (κ3) is 4.47. The minimum atomic E-state index is -0.188. The van der Waals surface area contributed by atoms with Crippen molar-refractivity contribution < 1.29 is 9.59 Å². The molecule has 2 aromatic rings. The van der Waals surface area contributed by atoms with Gasteiger partial charge in [-0.05, 0) is 56.4 Å². The first kappa shape index (κ1) is 17.2. The summed E-state index contributed by atoms with van der Waals surface area (Å²) < 4.78 is 1.77. The van der Waals surface area contributed by atoms with Crippen molar-refractivity contribution >= 4 is 23.2 Å². The van der Waals surface area contributed by atoms with Crippen molar-refractivity contribution in [3.05, 3.63) is 41.7 Å². The molecule has 0 radical (unpaired) electrons. The molecule has 2 N–H and O–H groups in total. The maximum absolute atomic E-state index is 12.1. The molecular weight excluding hydrogens is 316 g/mol. The van der Waals surface area contributed by atoms with Crippen LogP contribution >= 0.6 is 0 Å². The molecule has 1 aromatic heterocycles. The second-order valence-corrected chi connectivity index (χ2v) is 6.74. The molecule has 0 fully saturated rings. The van der Waals surface area contributed by atoms with E-state index in [0.29, 0.717) is 5.69 Å². The lowest BCUT2D eigenvalue weighted by molar-refractivity contribution is -0.121. The molecular formula is C19H24N4O2. The van der Waals surface area contributed by atoms with Crippen molar-refractivity contribution in [2.24, 2.45) is 0 Å². The molecule has 1 aliphatic carbocycles. The van der Waals surface area contributed by atoms with Crippen molar-refractivity contribution in [1.29, 1.82) is 0 Å². The van der Waals surface area contributed by atoms with Gasteiger partial charge >= 0.3 is 0 Å². The van der Waals surface area contributed by atoms with Gasteiger partial charge in [0.1, 0.15) is 0 Å². The largest absolute Gasteiger partial charge is 0.326 e. The number of nitrogens with zero attached hydrogens (tertiary/aromatic N) is 2. The smallest absolute Gasteiger partial charge is 0.224 e. The molecule has 0 atom stereocenters. The van der Waals surface area contributed by atoms with E-state index in [-0.39, 0.29) is 30.7 Å². The highest BCUT2D eigenvalue weighted by Crippen LogP contribution is 2.25. The van der Waals surface area contributed by atoms with Crippen LogP contribution in [0, 0.1) is 0 Å². The summed E-state index contributed by atoms with van der Waals surface area (Å²) in [6.07, 6.45) is 7.07. The predicted molar refractivity (Wildman–Crippen MR) is 97.6 cm³/mol. The average molecular weight is 340 g/mol. The van der Waals surface area contributed by atoms with E-state index in [1.54, 1.807) is 17.1 Å². The molecule has 6 heteroatoms. The van der Waals surface area contributed by atoms with Gasteiger partial charge in [0.2, 0.25) is 11.8 Å². The lowest BCUT2D eigenvalue weighted by atomic mass is 10.1. The van der Waals surface area contributed by atoms with E-state index in [9.17, 15) is 9.59 Å². The Kier molecular flexibility index (Phi) is 5.16. The lowest BCUT2D eigenvalue weighted by Gasteiger charge is -2.08. The van der Waals surface area contributed by atoms with E-state index in [0.717, 1.165) is 18.5 Å². The highest BCUT2D eigenvalue weighted by molar-refractivity contribution is 5.96. The fraction of sp³-hybridized carbons (Fsp3) is 0.421. The number of fused-ring (bicyclic) bond motifs is 1. The molecule has 6 nitrogen and oxygen atoms in total. The number of amides is 2. The lowest BCUT2D eigenvalue weighted by Crippen LogP contribution is -2.17. The third-order valence-electron chi connectivity index (χ3n) is 4.38. The minimum absolute atomic E-state index is 0.142. The van der Waals surface area contributed by atoms with Gasteiger partial charge in [-0.1, -0.05) is 6.07 Å². The number of aryl methyl sites for hydroxylation is 2. The Morgan fingerprint density at radius 1 is 1.08 bits per heavy atom. The molecule has 0 saturated heterocycles. The van der Waals surface area contributed by atoms with Gasteiger partial charge in [-0.25, -0.2) is 0 Å². The Morgan fingerprint density at radius 2 is 1.76 bits per heavy atom. The van der Waals surface area contributed by atoms with Gasteiger partial charge in [-0.2, -0.15) is 5.10 Å². The molecule has 3 rings (SSSR count). The summed E-state index contributed by atoms with van der Waals surface area (Å²) in [5.41, 5.74) is 4.15. The molecule has 2 amide bonds. The number of hydrogen-bond acceptors (Lipinski definition) is 3. The molecule has 0 unspecified atom stereocenters. The standard InChI is InChI=1S/C19H24N4O2/c1-13(2)23-12-17(11-20-23)22-19(25)9-8-18(24)21-16-7-6-14-4-3-5-15(14)10-16/h6-7,10-13H,3-5,8-9H2,1-2H3,(H,21,24)(H,22,25). The summed E-state index contributed by atoms with van der Waals surface area (Å²) in [6, 6.07) is 6.30. The maximum atomic E-state index is 12.1. The monoisotopic (exact) mass is 340 g/mol. The Hall–Kier alpha value is -2.63. The number of benzene rings is 1. The van der Waals surface area contributed by atoms with Crippen LogP contribution in [0.1, 0.15) is 50.3 Å². The normalized spacial score (nSPS) is 12.9. The van der Waals surface area contributed by atoms with Crippen LogP contribution in [-0.2, 0) is 22.4 Å². The number of anilines is 2. The predicted octanol–water partition coefficient (Wildman–Crippen LogP) is 3.31. The number of aromatic nitrogens is 2. The first-order valence-electron chi connectivity index (χ1n) is 8.77. The Balaban J connectivity index is 1.46. The second kappa shape index (κ2) is 7.51. The van der Waals surface area contributed by atoms with E-state index >= 15 is 0 Å². The van der Waals surface area contributed by atoms with Crippen molar-refractivity contribution in [2.45, 2.75) is 52.0 Å². The van der Waals surface area contributed by atoms with Gasteiger partial charge in [-0.15, -0.1) is 0 Å². The number of nitrogens with one attached hydrogen (secondary N) is 2. The first-order chi connectivity index (χ1) is 12.0. The van der Waals surface area contributed by atoms with Crippen molar-refractivity contribution in [3.63, 3.8) is 0 Å². The number of carbonyl (C=O) groups is 2. The van der Waals surface area contributed by atoms with E-state index in [4.69, 9.17) is 0 Å². The quantitative estimate of drug-likeness (QED) is 0.847. The van der Waals surface area contributed by atoms with Crippen LogP contribution in [0.15, 0.2) is 30.6 Å².